The number of halogens is 1. The summed E-state index contributed by atoms with van der Waals surface area (Å²) in [6, 6.07) is 14.5. The van der Waals surface area contributed by atoms with E-state index in [0.717, 1.165) is 27.4 Å². The van der Waals surface area contributed by atoms with E-state index in [1.165, 1.54) is 6.07 Å². The molecule has 4 rings (SSSR count). The highest BCUT2D eigenvalue weighted by Gasteiger charge is 2.14. The van der Waals surface area contributed by atoms with E-state index in [-0.39, 0.29) is 5.82 Å². The number of rotatable bonds is 3. The summed E-state index contributed by atoms with van der Waals surface area (Å²) < 4.78 is 15.5. The van der Waals surface area contributed by atoms with Crippen molar-refractivity contribution in [2.45, 2.75) is 6.54 Å². The molecule has 3 nitrogen and oxygen atoms in total. The number of fused-ring (bicyclic) bond motifs is 1. The van der Waals surface area contributed by atoms with Crippen LogP contribution in [-0.4, -0.2) is 14.5 Å². The molecule has 3 heterocycles. The predicted molar refractivity (Wildman–Crippen MR) is 86.3 cm³/mol. The normalized spacial score (nSPS) is 11.1. The van der Waals surface area contributed by atoms with E-state index < -0.39 is 0 Å². The van der Waals surface area contributed by atoms with Crippen molar-refractivity contribution < 1.29 is 4.39 Å². The monoisotopic (exact) mass is 309 g/mol. The highest BCUT2D eigenvalue weighted by Crippen LogP contribution is 2.28. The summed E-state index contributed by atoms with van der Waals surface area (Å²) in [5.74, 6) is 0.639. The number of aromatic nitrogens is 3. The third-order valence-corrected chi connectivity index (χ3v) is 4.34. The van der Waals surface area contributed by atoms with Crippen LogP contribution in [0.3, 0.4) is 0 Å². The highest BCUT2D eigenvalue weighted by molar-refractivity contribution is 7.13. The number of benzene rings is 1. The van der Waals surface area contributed by atoms with E-state index in [2.05, 4.69) is 4.98 Å². The van der Waals surface area contributed by atoms with Crippen molar-refractivity contribution in [2.24, 2.45) is 0 Å². The van der Waals surface area contributed by atoms with Gasteiger partial charge in [0.05, 0.1) is 11.4 Å². The Labute approximate surface area is 130 Å². The molecule has 0 amide bonds. The molecule has 4 aromatic rings. The molecule has 0 aliphatic carbocycles. The van der Waals surface area contributed by atoms with E-state index >= 15 is 0 Å². The average Bonchev–Trinajstić information content (AvgIpc) is 3.15. The highest BCUT2D eigenvalue weighted by atomic mass is 32.1. The first kappa shape index (κ1) is 13.2. The zero-order valence-electron chi connectivity index (χ0n) is 11.6. The Hall–Kier alpha value is -2.53. The molecule has 5 heteroatoms. The second-order valence-electron chi connectivity index (χ2n) is 4.97. The Morgan fingerprint density at radius 3 is 2.86 bits per heavy atom. The lowest BCUT2D eigenvalue weighted by Gasteiger charge is -2.08. The van der Waals surface area contributed by atoms with E-state index in [0.29, 0.717) is 6.54 Å². The van der Waals surface area contributed by atoms with Crippen LogP contribution in [0.1, 0.15) is 5.56 Å². The predicted octanol–water partition coefficient (Wildman–Crippen LogP) is 4.35. The Kier molecular flexibility index (Phi) is 3.20. The molecule has 0 aliphatic rings. The molecule has 1 aromatic carbocycles. The fraction of sp³-hybridized carbons (Fsp3) is 0.0588. The lowest BCUT2D eigenvalue weighted by molar-refractivity contribution is 0.624. The van der Waals surface area contributed by atoms with Crippen LogP contribution in [0, 0.1) is 5.82 Å². The maximum atomic E-state index is 13.4. The molecule has 0 spiro atoms. The second kappa shape index (κ2) is 5.35. The minimum Gasteiger partial charge on any atom is -0.304 e. The molecular formula is C17H12FN3S. The Morgan fingerprint density at radius 2 is 2.05 bits per heavy atom. The lowest BCUT2D eigenvalue weighted by Crippen LogP contribution is -2.02. The van der Waals surface area contributed by atoms with Crippen LogP contribution >= 0.6 is 11.3 Å². The molecule has 0 atom stereocenters. The minimum absolute atomic E-state index is 0.229. The fourth-order valence-electron chi connectivity index (χ4n) is 2.52. The SMILES string of the molecule is Fc1cccc(Cn2c(-c3cccs3)nc3cccnc32)c1. The smallest absolute Gasteiger partial charge is 0.160 e. The van der Waals surface area contributed by atoms with Crippen molar-refractivity contribution in [3.8, 4) is 10.7 Å². The van der Waals surface area contributed by atoms with Gasteiger partial charge in [0, 0.05) is 6.20 Å². The number of thiophene rings is 1. The molecular weight excluding hydrogens is 297 g/mol. The first-order valence-corrected chi connectivity index (χ1v) is 7.79. The van der Waals surface area contributed by atoms with Gasteiger partial charge in [-0.25, -0.2) is 14.4 Å². The van der Waals surface area contributed by atoms with Crippen molar-refractivity contribution >= 4 is 22.5 Å². The van der Waals surface area contributed by atoms with Gasteiger partial charge in [0.15, 0.2) is 11.5 Å². The molecule has 0 bridgehead atoms. The molecule has 3 aromatic heterocycles. The third kappa shape index (κ3) is 2.29. The first-order chi connectivity index (χ1) is 10.8. The van der Waals surface area contributed by atoms with Crippen LogP contribution in [0.5, 0.6) is 0 Å². The van der Waals surface area contributed by atoms with Gasteiger partial charge in [-0.2, -0.15) is 0 Å². The lowest BCUT2D eigenvalue weighted by atomic mass is 10.2. The van der Waals surface area contributed by atoms with Gasteiger partial charge < -0.3 is 4.57 Å². The maximum Gasteiger partial charge on any atom is 0.160 e. The average molecular weight is 309 g/mol. The first-order valence-electron chi connectivity index (χ1n) is 6.91. The van der Waals surface area contributed by atoms with Crippen molar-refractivity contribution in [2.75, 3.05) is 0 Å². The fourth-order valence-corrected chi connectivity index (χ4v) is 3.24. The summed E-state index contributed by atoms with van der Waals surface area (Å²) in [5, 5.41) is 2.02. The number of pyridine rings is 1. The van der Waals surface area contributed by atoms with Crippen LogP contribution < -0.4 is 0 Å². The van der Waals surface area contributed by atoms with Gasteiger partial charge in [0.2, 0.25) is 0 Å². The van der Waals surface area contributed by atoms with Crippen molar-refractivity contribution in [3.05, 3.63) is 71.5 Å². The van der Waals surface area contributed by atoms with Gasteiger partial charge in [-0.15, -0.1) is 11.3 Å². The summed E-state index contributed by atoms with van der Waals surface area (Å²) in [6.07, 6.45) is 1.75. The quantitative estimate of drug-likeness (QED) is 0.563. The summed E-state index contributed by atoms with van der Waals surface area (Å²) >= 11 is 1.63. The number of nitrogens with zero attached hydrogens (tertiary/aromatic N) is 3. The third-order valence-electron chi connectivity index (χ3n) is 3.48. The molecule has 108 valence electrons. The van der Waals surface area contributed by atoms with E-state index in [9.17, 15) is 4.39 Å². The van der Waals surface area contributed by atoms with Gasteiger partial charge in [0.1, 0.15) is 11.3 Å². The van der Waals surface area contributed by atoms with Crippen molar-refractivity contribution in [3.63, 3.8) is 0 Å². The zero-order chi connectivity index (χ0) is 14.9. The largest absolute Gasteiger partial charge is 0.304 e. The molecule has 0 unspecified atom stereocenters. The molecule has 0 radical (unpaired) electrons. The van der Waals surface area contributed by atoms with Crippen molar-refractivity contribution in [1.29, 1.82) is 0 Å². The van der Waals surface area contributed by atoms with Crippen LogP contribution in [0.15, 0.2) is 60.1 Å². The van der Waals surface area contributed by atoms with Gasteiger partial charge >= 0.3 is 0 Å². The Bertz CT molecular complexity index is 928. The molecule has 0 aliphatic heterocycles. The summed E-state index contributed by atoms with van der Waals surface area (Å²) in [4.78, 5) is 10.2. The zero-order valence-corrected chi connectivity index (χ0v) is 12.4. The number of hydrogen-bond acceptors (Lipinski definition) is 3. The molecule has 0 fully saturated rings. The second-order valence-corrected chi connectivity index (χ2v) is 5.92. The van der Waals surface area contributed by atoms with E-state index in [1.54, 1.807) is 29.7 Å². The molecule has 22 heavy (non-hydrogen) atoms. The van der Waals surface area contributed by atoms with Gasteiger partial charge in [-0.3, -0.25) is 0 Å². The Balaban J connectivity index is 1.89. The topological polar surface area (TPSA) is 30.7 Å². The summed E-state index contributed by atoms with van der Waals surface area (Å²) in [5.41, 5.74) is 2.56. The summed E-state index contributed by atoms with van der Waals surface area (Å²) in [6.45, 7) is 0.540. The minimum atomic E-state index is -0.229. The van der Waals surface area contributed by atoms with Gasteiger partial charge in [-0.1, -0.05) is 18.2 Å². The van der Waals surface area contributed by atoms with E-state index in [4.69, 9.17) is 4.98 Å². The Morgan fingerprint density at radius 1 is 1.09 bits per heavy atom. The van der Waals surface area contributed by atoms with Crippen molar-refractivity contribution in [1.82, 2.24) is 14.5 Å². The molecule has 0 saturated heterocycles. The van der Waals surface area contributed by atoms with Crippen LogP contribution in [0.4, 0.5) is 4.39 Å². The maximum absolute atomic E-state index is 13.4. The standard InChI is InChI=1S/C17H12FN3S/c18-13-5-1-4-12(10-13)11-21-16-14(6-2-8-19-16)20-17(21)15-7-3-9-22-15/h1-10H,11H2. The van der Waals surface area contributed by atoms with Gasteiger partial charge in [-0.05, 0) is 41.3 Å². The van der Waals surface area contributed by atoms with Gasteiger partial charge in [0.25, 0.3) is 0 Å². The van der Waals surface area contributed by atoms with E-state index in [1.807, 2.05) is 40.3 Å². The van der Waals surface area contributed by atoms with Crippen LogP contribution in [-0.2, 0) is 6.54 Å². The van der Waals surface area contributed by atoms with Crippen LogP contribution in [0.25, 0.3) is 21.9 Å². The number of imidazole rings is 1. The molecule has 0 N–H and O–H groups in total. The number of hydrogen-bond donors (Lipinski definition) is 0. The molecule has 0 saturated carbocycles. The summed E-state index contributed by atoms with van der Waals surface area (Å²) in [7, 11) is 0. The van der Waals surface area contributed by atoms with Crippen LogP contribution in [0.2, 0.25) is 0 Å².